The Morgan fingerprint density at radius 1 is 0.818 bits per heavy atom. The minimum atomic E-state index is 0.186. The predicted molar refractivity (Wildman–Crippen MR) is 99.5 cm³/mol. The molecule has 0 bridgehead atoms. The maximum atomic E-state index is 3.90. The highest BCUT2D eigenvalue weighted by Crippen LogP contribution is 2.35. The van der Waals surface area contributed by atoms with Gasteiger partial charge in [0, 0.05) is 5.54 Å². The van der Waals surface area contributed by atoms with E-state index in [0.717, 1.165) is 6.54 Å². The molecule has 0 radical (unpaired) electrons. The van der Waals surface area contributed by atoms with E-state index >= 15 is 0 Å². The Kier molecular flexibility index (Phi) is 9.47. The second-order valence-electron chi connectivity index (χ2n) is 6.58. The summed E-state index contributed by atoms with van der Waals surface area (Å²) in [7, 11) is 0. The minimum absolute atomic E-state index is 0.186. The van der Waals surface area contributed by atoms with Gasteiger partial charge in [-0.05, 0) is 43.4 Å². The Bertz CT molecular complexity index is 389. The number of aryl methyl sites for hydroxylation is 1. The first-order valence-electron chi connectivity index (χ1n) is 9.57. The quantitative estimate of drug-likeness (QED) is 0.483. The third-order valence-corrected chi connectivity index (χ3v) is 4.76. The van der Waals surface area contributed by atoms with E-state index in [9.17, 15) is 0 Å². The van der Waals surface area contributed by atoms with Gasteiger partial charge in [-0.15, -0.1) is 0 Å². The van der Waals surface area contributed by atoms with E-state index in [-0.39, 0.29) is 5.54 Å². The first-order chi connectivity index (χ1) is 10.7. The van der Waals surface area contributed by atoms with Gasteiger partial charge < -0.3 is 5.32 Å². The fourth-order valence-electron chi connectivity index (χ4n) is 3.53. The van der Waals surface area contributed by atoms with Crippen molar-refractivity contribution in [2.45, 2.75) is 91.0 Å². The maximum absolute atomic E-state index is 3.90. The molecule has 0 saturated carbocycles. The molecular formula is C21H37N. The molecule has 0 saturated heterocycles. The Morgan fingerprint density at radius 3 is 1.95 bits per heavy atom. The molecule has 0 aliphatic carbocycles. The topological polar surface area (TPSA) is 12.0 Å². The van der Waals surface area contributed by atoms with Gasteiger partial charge in [-0.25, -0.2) is 0 Å². The molecule has 0 fully saturated rings. The van der Waals surface area contributed by atoms with Gasteiger partial charge in [-0.1, -0.05) is 84.1 Å². The highest BCUT2D eigenvalue weighted by Gasteiger charge is 2.31. The van der Waals surface area contributed by atoms with Crippen LogP contribution in [-0.2, 0) is 12.0 Å². The van der Waals surface area contributed by atoms with E-state index in [0.29, 0.717) is 0 Å². The molecule has 0 spiro atoms. The van der Waals surface area contributed by atoms with Crippen LogP contribution >= 0.6 is 0 Å². The van der Waals surface area contributed by atoms with Crippen molar-refractivity contribution in [2.75, 3.05) is 6.54 Å². The number of benzene rings is 1. The summed E-state index contributed by atoms with van der Waals surface area (Å²) in [6.07, 6.45) is 11.5. The van der Waals surface area contributed by atoms with Crippen molar-refractivity contribution in [1.29, 1.82) is 0 Å². The number of unbranched alkanes of at least 4 members (excludes halogenated alkanes) is 3. The third-order valence-electron chi connectivity index (χ3n) is 4.76. The van der Waals surface area contributed by atoms with Crippen LogP contribution in [0.4, 0.5) is 0 Å². The molecular weight excluding hydrogens is 266 g/mol. The lowest BCUT2D eigenvalue weighted by Gasteiger charge is -2.37. The normalized spacial score (nSPS) is 11.8. The first-order valence-corrected chi connectivity index (χ1v) is 9.57. The summed E-state index contributed by atoms with van der Waals surface area (Å²) in [5.74, 6) is 0. The maximum Gasteiger partial charge on any atom is 0.0437 e. The summed E-state index contributed by atoms with van der Waals surface area (Å²) >= 11 is 0. The van der Waals surface area contributed by atoms with E-state index in [1.807, 2.05) is 0 Å². The van der Waals surface area contributed by atoms with Gasteiger partial charge >= 0.3 is 0 Å². The van der Waals surface area contributed by atoms with Gasteiger partial charge in [0.15, 0.2) is 0 Å². The lowest BCUT2D eigenvalue weighted by atomic mass is 9.77. The Balaban J connectivity index is 3.16. The van der Waals surface area contributed by atoms with Crippen LogP contribution in [0.25, 0.3) is 0 Å². The molecule has 0 atom stereocenters. The van der Waals surface area contributed by atoms with Crippen molar-refractivity contribution >= 4 is 0 Å². The van der Waals surface area contributed by atoms with E-state index in [1.54, 1.807) is 11.1 Å². The van der Waals surface area contributed by atoms with Crippen molar-refractivity contribution in [3.8, 4) is 0 Å². The molecule has 0 aromatic heterocycles. The number of hydrogen-bond donors (Lipinski definition) is 1. The number of hydrogen-bond acceptors (Lipinski definition) is 1. The van der Waals surface area contributed by atoms with Crippen molar-refractivity contribution in [1.82, 2.24) is 5.32 Å². The van der Waals surface area contributed by atoms with Crippen LogP contribution in [-0.4, -0.2) is 6.54 Å². The molecule has 0 unspecified atom stereocenters. The van der Waals surface area contributed by atoms with E-state index < -0.39 is 0 Å². The first kappa shape index (κ1) is 19.2. The van der Waals surface area contributed by atoms with Crippen molar-refractivity contribution < 1.29 is 0 Å². The molecule has 22 heavy (non-hydrogen) atoms. The Hall–Kier alpha value is -0.820. The molecule has 0 aliphatic rings. The molecule has 0 heterocycles. The van der Waals surface area contributed by atoms with Crippen LogP contribution in [0.2, 0.25) is 0 Å². The summed E-state index contributed by atoms with van der Waals surface area (Å²) in [5.41, 5.74) is 3.33. The van der Waals surface area contributed by atoms with Crippen LogP contribution in [0.5, 0.6) is 0 Å². The standard InChI is InChI=1S/C21H37N/c1-5-9-14-19-15-12-13-16-20(19)21(22-8-4,17-10-6-2)18-11-7-3/h12-13,15-16,22H,5-11,14,17-18H2,1-4H3. The molecule has 1 heteroatoms. The van der Waals surface area contributed by atoms with Gasteiger partial charge in [0.05, 0.1) is 0 Å². The molecule has 1 nitrogen and oxygen atoms in total. The fourth-order valence-corrected chi connectivity index (χ4v) is 3.53. The fraction of sp³-hybridized carbons (Fsp3) is 0.714. The zero-order chi connectivity index (χ0) is 16.3. The zero-order valence-corrected chi connectivity index (χ0v) is 15.4. The monoisotopic (exact) mass is 303 g/mol. The highest BCUT2D eigenvalue weighted by molar-refractivity contribution is 5.34. The molecule has 0 aliphatic heterocycles. The van der Waals surface area contributed by atoms with Gasteiger partial charge in [0.25, 0.3) is 0 Å². The molecule has 1 N–H and O–H groups in total. The highest BCUT2D eigenvalue weighted by atomic mass is 15.0. The van der Waals surface area contributed by atoms with E-state index in [4.69, 9.17) is 0 Å². The van der Waals surface area contributed by atoms with Crippen LogP contribution in [0.1, 0.15) is 90.2 Å². The lowest BCUT2D eigenvalue weighted by molar-refractivity contribution is 0.274. The molecule has 1 rings (SSSR count). The van der Waals surface area contributed by atoms with Crippen LogP contribution in [0.3, 0.4) is 0 Å². The second kappa shape index (κ2) is 10.8. The predicted octanol–water partition coefficient (Wildman–Crippen LogP) is 6.21. The third kappa shape index (κ3) is 5.43. The summed E-state index contributed by atoms with van der Waals surface area (Å²) in [6, 6.07) is 9.19. The largest absolute Gasteiger partial charge is 0.308 e. The average molecular weight is 304 g/mol. The Morgan fingerprint density at radius 2 is 1.41 bits per heavy atom. The van der Waals surface area contributed by atoms with Gasteiger partial charge in [-0.2, -0.15) is 0 Å². The lowest BCUT2D eigenvalue weighted by Crippen LogP contribution is -2.43. The molecule has 1 aromatic carbocycles. The average Bonchev–Trinajstić information content (AvgIpc) is 2.56. The van der Waals surface area contributed by atoms with E-state index in [1.165, 1.54) is 57.8 Å². The minimum Gasteiger partial charge on any atom is -0.308 e. The number of nitrogens with one attached hydrogen (secondary N) is 1. The van der Waals surface area contributed by atoms with Crippen LogP contribution in [0.15, 0.2) is 24.3 Å². The summed E-state index contributed by atoms with van der Waals surface area (Å²) in [6.45, 7) is 10.2. The molecule has 1 aromatic rings. The van der Waals surface area contributed by atoms with Gasteiger partial charge in [-0.3, -0.25) is 0 Å². The van der Waals surface area contributed by atoms with Gasteiger partial charge in [0.2, 0.25) is 0 Å². The van der Waals surface area contributed by atoms with Crippen LogP contribution in [0, 0.1) is 0 Å². The molecule has 126 valence electrons. The second-order valence-corrected chi connectivity index (χ2v) is 6.58. The van der Waals surface area contributed by atoms with Gasteiger partial charge in [0.1, 0.15) is 0 Å². The summed E-state index contributed by atoms with van der Waals surface area (Å²) in [4.78, 5) is 0. The van der Waals surface area contributed by atoms with Crippen LogP contribution < -0.4 is 5.32 Å². The Labute approximate surface area is 138 Å². The van der Waals surface area contributed by atoms with E-state index in [2.05, 4.69) is 57.3 Å². The van der Waals surface area contributed by atoms with Crippen molar-refractivity contribution in [2.24, 2.45) is 0 Å². The zero-order valence-electron chi connectivity index (χ0n) is 15.4. The van der Waals surface area contributed by atoms with Crippen molar-refractivity contribution in [3.05, 3.63) is 35.4 Å². The summed E-state index contributed by atoms with van der Waals surface area (Å²) in [5, 5.41) is 3.90. The smallest absolute Gasteiger partial charge is 0.0437 e. The number of rotatable bonds is 12. The van der Waals surface area contributed by atoms with Crippen molar-refractivity contribution in [3.63, 3.8) is 0 Å². The molecule has 0 amide bonds. The summed E-state index contributed by atoms with van der Waals surface area (Å²) < 4.78 is 0. The SMILES string of the molecule is CCCCc1ccccc1C(CCCC)(CCCC)NCC.